The van der Waals surface area contributed by atoms with Crippen molar-refractivity contribution in [1.29, 1.82) is 0 Å². The Morgan fingerprint density at radius 2 is 1.71 bits per heavy atom. The highest BCUT2D eigenvalue weighted by Crippen LogP contribution is 2.34. The summed E-state index contributed by atoms with van der Waals surface area (Å²) in [4.78, 5) is 24.7. The van der Waals surface area contributed by atoms with Crippen LogP contribution in [0.25, 0.3) is 0 Å². The number of ether oxygens (including phenoxy) is 3. The Morgan fingerprint density at radius 1 is 1.03 bits per heavy atom. The number of carbonyl (C=O) groups is 2. The molecular weight excluding hydrogens is 489 g/mol. The lowest BCUT2D eigenvalue weighted by Gasteiger charge is -2.38. The molecule has 0 saturated carbocycles. The second kappa shape index (κ2) is 11.7. The quantitative estimate of drug-likeness (QED) is 0.311. The van der Waals surface area contributed by atoms with Crippen LogP contribution in [0, 0.1) is 0 Å². The molecule has 1 fully saturated rings. The van der Waals surface area contributed by atoms with Gasteiger partial charge >= 0.3 is 11.9 Å². The first-order chi connectivity index (χ1) is 16.2. The van der Waals surface area contributed by atoms with E-state index in [-0.39, 0.29) is 13.0 Å². The Morgan fingerprint density at radius 3 is 2.38 bits per heavy atom. The van der Waals surface area contributed by atoms with Crippen LogP contribution in [-0.2, 0) is 30.2 Å². The van der Waals surface area contributed by atoms with Crippen molar-refractivity contribution in [2.24, 2.45) is 0 Å². The lowest BCUT2D eigenvalue weighted by molar-refractivity contribution is -0.287. The van der Waals surface area contributed by atoms with Gasteiger partial charge in [-0.2, -0.15) is 0 Å². The summed E-state index contributed by atoms with van der Waals surface area (Å²) in [5.41, 5.74) is 1.49. The molecule has 2 aromatic rings. The van der Waals surface area contributed by atoms with E-state index >= 15 is 0 Å². The van der Waals surface area contributed by atoms with Crippen LogP contribution in [0.3, 0.4) is 0 Å². The first-order valence-corrected chi connectivity index (χ1v) is 10.9. The van der Waals surface area contributed by atoms with Gasteiger partial charge in [-0.15, -0.1) is 0 Å². The van der Waals surface area contributed by atoms with Gasteiger partial charge in [0, 0.05) is 5.69 Å². The molecule has 0 radical (unpaired) electrons. The number of aliphatic hydroxyl groups is 3. The molecule has 2 aromatic carbocycles. The molecule has 0 spiro atoms. The average Bonchev–Trinajstić information content (AvgIpc) is 2.81. The third-order valence-corrected chi connectivity index (χ3v) is 5.60. The number of hydrogen-bond donors (Lipinski definition) is 4. The number of hydrogen-bond acceptors (Lipinski definition) is 9. The van der Waals surface area contributed by atoms with Crippen molar-refractivity contribution < 1.29 is 39.1 Å². The Labute approximate surface area is 205 Å². The highest BCUT2D eigenvalue weighted by Gasteiger charge is 2.49. The lowest BCUT2D eigenvalue weighted by atomic mass is 9.99. The van der Waals surface area contributed by atoms with Crippen LogP contribution >= 0.6 is 23.2 Å². The highest BCUT2D eigenvalue weighted by atomic mass is 35.5. The van der Waals surface area contributed by atoms with Gasteiger partial charge in [0.2, 0.25) is 6.29 Å². The van der Waals surface area contributed by atoms with E-state index in [1.807, 2.05) is 0 Å². The molecule has 1 heterocycles. The number of halogens is 2. The van der Waals surface area contributed by atoms with Crippen molar-refractivity contribution in [3.63, 3.8) is 0 Å². The summed E-state index contributed by atoms with van der Waals surface area (Å²) < 4.78 is 15.2. The summed E-state index contributed by atoms with van der Waals surface area (Å²) in [6.45, 7) is 3.24. The van der Waals surface area contributed by atoms with Crippen molar-refractivity contribution in [2.75, 3.05) is 11.9 Å². The molecular formula is C23H23Cl2NO8. The fraction of sp³-hybridized carbons (Fsp3) is 0.304. The minimum Gasteiger partial charge on any atom is -0.459 e. The highest BCUT2D eigenvalue weighted by molar-refractivity contribution is 6.39. The van der Waals surface area contributed by atoms with Crippen LogP contribution in [0.4, 0.5) is 11.4 Å². The van der Waals surface area contributed by atoms with Crippen LogP contribution in [0.15, 0.2) is 55.1 Å². The minimum absolute atomic E-state index is 0.159. The summed E-state index contributed by atoms with van der Waals surface area (Å²) in [6.07, 6.45) is -7.74. The maximum atomic E-state index is 12.6. The molecule has 1 aliphatic heterocycles. The number of anilines is 2. The topological polar surface area (TPSA) is 135 Å². The van der Waals surface area contributed by atoms with Gasteiger partial charge in [-0.3, -0.25) is 4.79 Å². The first-order valence-electron chi connectivity index (χ1n) is 10.2. The summed E-state index contributed by atoms with van der Waals surface area (Å²) in [7, 11) is 0. The van der Waals surface area contributed by atoms with Gasteiger partial charge in [0.15, 0.2) is 6.10 Å². The molecule has 1 saturated heterocycles. The van der Waals surface area contributed by atoms with Crippen LogP contribution in [0.2, 0.25) is 10.0 Å². The predicted molar refractivity (Wildman–Crippen MR) is 124 cm³/mol. The summed E-state index contributed by atoms with van der Waals surface area (Å²) in [5.74, 6) is -1.84. The van der Waals surface area contributed by atoms with Crippen LogP contribution < -0.4 is 5.32 Å². The van der Waals surface area contributed by atoms with Crippen LogP contribution in [0.1, 0.15) is 5.56 Å². The van der Waals surface area contributed by atoms with E-state index in [0.29, 0.717) is 27.0 Å². The molecule has 3 rings (SSSR count). The summed E-state index contributed by atoms with van der Waals surface area (Å²) in [5, 5.41) is 34.2. The van der Waals surface area contributed by atoms with E-state index in [0.717, 1.165) is 0 Å². The Kier molecular flexibility index (Phi) is 8.90. The Balaban J connectivity index is 1.71. The van der Waals surface area contributed by atoms with E-state index in [4.69, 9.17) is 37.4 Å². The maximum Gasteiger partial charge on any atom is 0.338 e. The van der Waals surface area contributed by atoms with Gasteiger partial charge in [0.25, 0.3) is 0 Å². The number of carbonyl (C=O) groups excluding carboxylic acids is 2. The average molecular weight is 512 g/mol. The maximum absolute atomic E-state index is 12.6. The predicted octanol–water partition coefficient (Wildman–Crippen LogP) is 2.36. The van der Waals surface area contributed by atoms with E-state index in [1.54, 1.807) is 42.5 Å². The van der Waals surface area contributed by atoms with Crippen molar-refractivity contribution in [3.05, 3.63) is 70.7 Å². The van der Waals surface area contributed by atoms with E-state index in [9.17, 15) is 24.9 Å². The van der Waals surface area contributed by atoms with Crippen molar-refractivity contribution in [1.82, 2.24) is 0 Å². The van der Waals surface area contributed by atoms with E-state index in [2.05, 4.69) is 11.9 Å². The van der Waals surface area contributed by atoms with Crippen molar-refractivity contribution in [3.8, 4) is 0 Å². The monoisotopic (exact) mass is 511 g/mol. The normalized spacial score (nSPS) is 24.2. The van der Waals surface area contributed by atoms with Gasteiger partial charge in [-0.1, -0.05) is 60.1 Å². The molecule has 34 heavy (non-hydrogen) atoms. The first kappa shape index (κ1) is 26.0. The van der Waals surface area contributed by atoms with Gasteiger partial charge < -0.3 is 34.8 Å². The largest absolute Gasteiger partial charge is 0.459 e. The fourth-order valence-corrected chi connectivity index (χ4v) is 3.73. The molecule has 9 nitrogen and oxygen atoms in total. The number of benzene rings is 2. The molecule has 0 unspecified atom stereocenters. The van der Waals surface area contributed by atoms with E-state index in [1.165, 1.54) is 6.08 Å². The number of esters is 2. The summed E-state index contributed by atoms with van der Waals surface area (Å²) in [6, 6.07) is 11.8. The van der Waals surface area contributed by atoms with Gasteiger partial charge in [-0.05, 0) is 23.8 Å². The zero-order valence-electron chi connectivity index (χ0n) is 17.8. The Hall–Kier alpha value is -2.66. The zero-order chi connectivity index (χ0) is 24.8. The summed E-state index contributed by atoms with van der Waals surface area (Å²) >= 11 is 12.4. The number of nitrogens with one attached hydrogen (secondary N) is 1. The standard InChI is InChI=1S/C23H23Cl2NO8/c1-2-10-32-22(31)21-19(29)18(28)20(30)23(34-21)33-16(27)11-12-6-3-4-9-15(12)26-17-13(24)7-5-8-14(17)25/h2-9,18-21,23,26,28-30H,1,10-11H2/t18-,19+,20+,21+,23-/m0/s1. The molecule has 0 aromatic heterocycles. The fourth-order valence-electron chi connectivity index (χ4n) is 3.24. The van der Waals surface area contributed by atoms with Crippen LogP contribution in [0.5, 0.6) is 0 Å². The minimum atomic E-state index is -1.82. The molecule has 182 valence electrons. The third-order valence-electron chi connectivity index (χ3n) is 4.97. The van der Waals surface area contributed by atoms with Crippen molar-refractivity contribution in [2.45, 2.75) is 37.1 Å². The zero-order valence-corrected chi connectivity index (χ0v) is 19.3. The second-order valence-electron chi connectivity index (χ2n) is 7.36. The smallest absolute Gasteiger partial charge is 0.338 e. The number of rotatable bonds is 8. The van der Waals surface area contributed by atoms with Crippen LogP contribution in [-0.4, -0.2) is 64.6 Å². The molecule has 0 bridgehead atoms. The number of para-hydroxylation sites is 2. The van der Waals surface area contributed by atoms with Gasteiger partial charge in [-0.25, -0.2) is 4.79 Å². The SMILES string of the molecule is C=CCOC(=O)[C@@H]1O[C@H](OC(=O)Cc2ccccc2Nc2c(Cl)cccc2Cl)[C@H](O)[C@@H](O)[C@H]1O. The molecule has 0 amide bonds. The molecule has 1 aliphatic rings. The third kappa shape index (κ3) is 6.06. The van der Waals surface area contributed by atoms with Gasteiger partial charge in [0.1, 0.15) is 24.9 Å². The molecule has 5 atom stereocenters. The lowest BCUT2D eigenvalue weighted by Crippen LogP contribution is -2.61. The second-order valence-corrected chi connectivity index (χ2v) is 8.18. The van der Waals surface area contributed by atoms with E-state index < -0.39 is 42.6 Å². The molecule has 4 N–H and O–H groups in total. The van der Waals surface area contributed by atoms with Crippen molar-refractivity contribution >= 4 is 46.5 Å². The Bertz CT molecular complexity index is 1030. The molecule has 0 aliphatic carbocycles. The van der Waals surface area contributed by atoms with Gasteiger partial charge in [0.05, 0.1) is 22.2 Å². The number of aliphatic hydroxyl groups excluding tert-OH is 3. The molecule has 11 heteroatoms.